The van der Waals surface area contributed by atoms with Gasteiger partial charge in [-0.25, -0.2) is 50.6 Å². The normalized spacial score (nSPS) is 12.5. The maximum absolute atomic E-state index is 13.9. The van der Waals surface area contributed by atoms with Gasteiger partial charge >= 0.3 is 18.3 Å². The zero-order valence-electron chi connectivity index (χ0n) is 41.6. The molecule has 0 spiro atoms. The maximum atomic E-state index is 13.9. The van der Waals surface area contributed by atoms with Crippen LogP contribution in [0.1, 0.15) is 75.7 Å². The van der Waals surface area contributed by atoms with E-state index in [2.05, 4.69) is 40.7 Å². The van der Waals surface area contributed by atoms with Gasteiger partial charge in [0.15, 0.2) is 0 Å². The topological polar surface area (TPSA) is 245 Å². The highest BCUT2D eigenvalue weighted by atomic mass is 32.2. The number of rotatable bonds is 18. The van der Waals surface area contributed by atoms with Crippen LogP contribution in [0.5, 0.6) is 0 Å². The molecular weight excluding hydrogens is 1000 g/mol. The molecule has 0 aliphatic heterocycles. The van der Waals surface area contributed by atoms with Crippen molar-refractivity contribution in [2.75, 3.05) is 34.4 Å². The van der Waals surface area contributed by atoms with Gasteiger partial charge in [0.2, 0.25) is 20.0 Å². The molecule has 1 unspecified atom stereocenters. The standard InChI is InChI=1S/C50H60N8O10S4/c1-11-66-46(59)54-35-18-14-33(15-19-35)41-29-53-45(70-41)39-23-21-37(27-43(39)72(64,65)58-50(8,9)10)56-48(61)68-31(4)24-25-51-34-16-12-32(13-17-34)40-28-52-44(69-40)38-22-20-36(55-47(60)67-30(2)3)26-42(38)71(62,63)57-49(5,6)7/h12-23,26-31,51,57-58H,11,24-25H2,1-10H3,(H,54,59)(H,55,60)(H,56,61). The molecule has 6 aromatic rings. The third-order valence-corrected chi connectivity index (χ3v) is 15.5. The third-order valence-electron chi connectivity index (χ3n) is 9.78. The number of hydrogen-bond acceptors (Lipinski definition) is 15. The lowest BCUT2D eigenvalue weighted by atomic mass is 10.1. The molecule has 6 rings (SSSR count). The second-order valence-electron chi connectivity index (χ2n) is 18.8. The SMILES string of the molecule is CCOC(=O)Nc1ccc(-c2cnc(-c3ccc(NC(=O)OC(C)CCNc4ccc(-c5cnc(-c6ccc(NC(=O)OC(C)C)cc6S(=O)(=O)NC(C)(C)C)s5)cc4)cc3S(=O)(=O)NC(C)(C)C)s2)cc1. The molecule has 0 fully saturated rings. The monoisotopic (exact) mass is 1060 g/mol. The van der Waals surface area contributed by atoms with Crippen molar-refractivity contribution < 1.29 is 45.4 Å². The molecule has 22 heteroatoms. The predicted molar refractivity (Wildman–Crippen MR) is 285 cm³/mol. The number of amides is 3. The van der Waals surface area contributed by atoms with E-state index in [1.165, 1.54) is 34.8 Å². The largest absolute Gasteiger partial charge is 0.450 e. The Hall–Kier alpha value is -6.43. The Morgan fingerprint density at radius 2 is 1.00 bits per heavy atom. The van der Waals surface area contributed by atoms with Gasteiger partial charge in [0.05, 0.1) is 32.3 Å². The highest BCUT2D eigenvalue weighted by Gasteiger charge is 2.29. The van der Waals surface area contributed by atoms with Crippen LogP contribution in [0, 0.1) is 0 Å². The molecule has 0 aliphatic rings. The van der Waals surface area contributed by atoms with Gasteiger partial charge in [0, 0.05) is 70.3 Å². The summed E-state index contributed by atoms with van der Waals surface area (Å²) in [4.78, 5) is 47.9. The molecule has 4 aromatic carbocycles. The predicted octanol–water partition coefficient (Wildman–Crippen LogP) is 11.4. The summed E-state index contributed by atoms with van der Waals surface area (Å²) in [7, 11) is -8.17. The van der Waals surface area contributed by atoms with Crippen molar-refractivity contribution in [2.24, 2.45) is 0 Å². The van der Waals surface area contributed by atoms with E-state index >= 15 is 0 Å². The minimum atomic E-state index is -4.12. The van der Waals surface area contributed by atoms with Gasteiger partial charge in [-0.15, -0.1) is 22.7 Å². The maximum Gasteiger partial charge on any atom is 0.411 e. The van der Waals surface area contributed by atoms with Gasteiger partial charge in [0.25, 0.3) is 0 Å². The Kier molecular flexibility index (Phi) is 17.5. The summed E-state index contributed by atoms with van der Waals surface area (Å²) in [6, 6.07) is 23.9. The van der Waals surface area contributed by atoms with Crippen molar-refractivity contribution in [3.63, 3.8) is 0 Å². The first-order valence-electron chi connectivity index (χ1n) is 22.9. The van der Waals surface area contributed by atoms with Crippen LogP contribution in [0.3, 0.4) is 0 Å². The number of hydrogen-bond donors (Lipinski definition) is 6. The summed E-state index contributed by atoms with van der Waals surface area (Å²) in [5.41, 5.74) is 2.60. The molecule has 0 aliphatic carbocycles. The number of anilines is 4. The first kappa shape index (κ1) is 54.9. The molecular formula is C50H60N8O10S4. The molecule has 2 heterocycles. The summed E-state index contributed by atoms with van der Waals surface area (Å²) in [6.07, 6.45) is 0.858. The molecule has 6 N–H and O–H groups in total. The molecule has 2 aromatic heterocycles. The van der Waals surface area contributed by atoms with Crippen LogP contribution in [-0.2, 0) is 34.3 Å². The molecule has 0 bridgehead atoms. The van der Waals surface area contributed by atoms with Crippen molar-refractivity contribution in [1.29, 1.82) is 0 Å². The van der Waals surface area contributed by atoms with E-state index in [-0.39, 0.29) is 33.9 Å². The Morgan fingerprint density at radius 1 is 0.583 bits per heavy atom. The number of aromatic nitrogens is 2. The lowest BCUT2D eigenvalue weighted by Crippen LogP contribution is -2.40. The molecule has 3 amide bonds. The lowest BCUT2D eigenvalue weighted by Gasteiger charge is -2.22. The number of carbonyl (C=O) groups excluding carboxylic acids is 3. The summed E-state index contributed by atoms with van der Waals surface area (Å²) < 4.78 is 76.2. The van der Waals surface area contributed by atoms with E-state index in [1.807, 2.05) is 36.4 Å². The molecule has 72 heavy (non-hydrogen) atoms. The summed E-state index contributed by atoms with van der Waals surface area (Å²) in [6.45, 7) is 18.0. The van der Waals surface area contributed by atoms with Crippen LogP contribution in [0.15, 0.2) is 107 Å². The fraction of sp³-hybridized carbons (Fsp3) is 0.340. The number of ether oxygens (including phenoxy) is 3. The molecule has 0 saturated carbocycles. The van der Waals surface area contributed by atoms with Gasteiger partial charge in [-0.1, -0.05) is 24.3 Å². The van der Waals surface area contributed by atoms with Gasteiger partial charge in [0.1, 0.15) is 16.1 Å². The van der Waals surface area contributed by atoms with Crippen LogP contribution in [-0.4, -0.2) is 81.5 Å². The Morgan fingerprint density at radius 3 is 1.43 bits per heavy atom. The van der Waals surface area contributed by atoms with E-state index in [1.54, 1.807) is 118 Å². The Balaban J connectivity index is 1.07. The van der Waals surface area contributed by atoms with Crippen LogP contribution >= 0.6 is 22.7 Å². The number of nitrogens with one attached hydrogen (secondary N) is 6. The number of sulfonamides is 2. The van der Waals surface area contributed by atoms with E-state index in [9.17, 15) is 31.2 Å². The van der Waals surface area contributed by atoms with E-state index in [4.69, 9.17) is 14.2 Å². The molecule has 384 valence electrons. The van der Waals surface area contributed by atoms with E-state index in [0.29, 0.717) is 39.8 Å². The van der Waals surface area contributed by atoms with Crippen molar-refractivity contribution in [3.05, 3.63) is 97.3 Å². The highest BCUT2D eigenvalue weighted by Crippen LogP contribution is 2.39. The molecule has 1 atom stereocenters. The van der Waals surface area contributed by atoms with Crippen molar-refractivity contribution in [2.45, 2.75) is 109 Å². The van der Waals surface area contributed by atoms with Gasteiger partial charge in [-0.05, 0) is 141 Å². The van der Waals surface area contributed by atoms with E-state index in [0.717, 1.165) is 26.6 Å². The van der Waals surface area contributed by atoms with E-state index < -0.39 is 55.5 Å². The molecule has 0 radical (unpaired) electrons. The summed E-state index contributed by atoms with van der Waals surface area (Å²) in [5, 5.41) is 12.2. The fourth-order valence-electron chi connectivity index (χ4n) is 6.90. The van der Waals surface area contributed by atoms with Crippen molar-refractivity contribution in [1.82, 2.24) is 19.4 Å². The molecule has 0 saturated heterocycles. The quantitative estimate of drug-likeness (QED) is 0.0439. The fourth-order valence-corrected chi connectivity index (χ4v) is 12.3. The Labute approximate surface area is 428 Å². The molecule has 18 nitrogen and oxygen atoms in total. The Bertz CT molecular complexity index is 3110. The van der Waals surface area contributed by atoms with Crippen LogP contribution in [0.4, 0.5) is 37.1 Å². The second-order valence-corrected chi connectivity index (χ2v) is 24.2. The zero-order chi connectivity index (χ0) is 52.6. The van der Waals surface area contributed by atoms with Crippen LogP contribution in [0.2, 0.25) is 0 Å². The summed E-state index contributed by atoms with van der Waals surface area (Å²) in [5.74, 6) is 0. The lowest BCUT2D eigenvalue weighted by molar-refractivity contribution is 0.117. The minimum Gasteiger partial charge on any atom is -0.450 e. The number of thiazole rings is 2. The third kappa shape index (κ3) is 15.5. The van der Waals surface area contributed by atoms with Crippen LogP contribution < -0.4 is 30.7 Å². The second kappa shape index (κ2) is 23.0. The van der Waals surface area contributed by atoms with Crippen molar-refractivity contribution in [3.8, 4) is 42.0 Å². The average molecular weight is 1060 g/mol. The van der Waals surface area contributed by atoms with Gasteiger partial charge in [-0.3, -0.25) is 16.0 Å². The number of benzene rings is 4. The van der Waals surface area contributed by atoms with Crippen LogP contribution in [0.25, 0.3) is 42.0 Å². The van der Waals surface area contributed by atoms with Gasteiger partial charge in [-0.2, -0.15) is 0 Å². The number of carbonyl (C=O) groups is 3. The first-order chi connectivity index (χ1) is 33.8. The highest BCUT2D eigenvalue weighted by molar-refractivity contribution is 7.90. The van der Waals surface area contributed by atoms with Gasteiger partial charge < -0.3 is 19.5 Å². The minimum absolute atomic E-state index is 0.0468. The summed E-state index contributed by atoms with van der Waals surface area (Å²) >= 11 is 2.61. The van der Waals surface area contributed by atoms with Crippen molar-refractivity contribution >= 4 is 83.7 Å². The smallest absolute Gasteiger partial charge is 0.411 e. The first-order valence-corrected chi connectivity index (χ1v) is 27.5. The average Bonchev–Trinajstić information content (AvgIpc) is 3.97. The zero-order valence-corrected chi connectivity index (χ0v) is 44.9. The number of nitrogens with zero attached hydrogens (tertiary/aromatic N) is 2.